The molecule has 0 aliphatic carbocycles. The van der Waals surface area contributed by atoms with Crippen LogP contribution in [0.1, 0.15) is 5.76 Å². The topological polar surface area (TPSA) is 55.0 Å². The average Bonchev–Trinajstić information content (AvgIpc) is 2.87. The summed E-state index contributed by atoms with van der Waals surface area (Å²) in [7, 11) is 1.85. The molecule has 16 heavy (non-hydrogen) atoms. The average molecular weight is 236 g/mol. The summed E-state index contributed by atoms with van der Waals surface area (Å²) in [6, 6.07) is 5.57. The number of hydrogen-bond acceptors (Lipinski definition) is 3. The van der Waals surface area contributed by atoms with Crippen LogP contribution >= 0.6 is 12.2 Å². The highest BCUT2D eigenvalue weighted by Gasteiger charge is 2.01. The zero-order valence-corrected chi connectivity index (χ0v) is 9.62. The molecule has 0 spiro atoms. The standard InChI is InChI=1S/C10H12N4OS/c1-14-5-4-9(13-14)12-10(16)11-7-8-3-2-6-15-8/h2-6H,7H2,1H3,(H2,11,12,13,16). The highest BCUT2D eigenvalue weighted by atomic mass is 32.1. The van der Waals surface area contributed by atoms with E-state index in [0.717, 1.165) is 11.6 Å². The third-order valence-electron chi connectivity index (χ3n) is 1.96. The van der Waals surface area contributed by atoms with Gasteiger partial charge in [0.2, 0.25) is 0 Å². The SMILES string of the molecule is Cn1ccc(NC(=S)NCc2ccco2)n1. The lowest BCUT2D eigenvalue weighted by Crippen LogP contribution is -2.27. The fraction of sp³-hybridized carbons (Fsp3) is 0.200. The molecule has 2 N–H and O–H groups in total. The van der Waals surface area contributed by atoms with Crippen LogP contribution in [0.15, 0.2) is 35.1 Å². The first-order valence-electron chi connectivity index (χ1n) is 4.81. The molecule has 0 aromatic carbocycles. The van der Waals surface area contributed by atoms with Crippen LogP contribution in [0, 0.1) is 0 Å². The van der Waals surface area contributed by atoms with Crippen molar-refractivity contribution < 1.29 is 4.42 Å². The van der Waals surface area contributed by atoms with Crippen LogP contribution in [0.3, 0.4) is 0 Å². The molecule has 0 fully saturated rings. The Kier molecular flexibility index (Phi) is 3.21. The third kappa shape index (κ3) is 2.83. The Bertz CT molecular complexity index is 463. The van der Waals surface area contributed by atoms with Gasteiger partial charge in [-0.25, -0.2) is 0 Å². The lowest BCUT2D eigenvalue weighted by molar-refractivity contribution is 0.503. The number of furan rings is 1. The molecule has 2 heterocycles. The predicted octanol–water partition coefficient (Wildman–Crippen LogP) is 1.50. The molecule has 2 aromatic heterocycles. The van der Waals surface area contributed by atoms with Gasteiger partial charge in [0.25, 0.3) is 0 Å². The van der Waals surface area contributed by atoms with Crippen molar-refractivity contribution in [2.24, 2.45) is 7.05 Å². The van der Waals surface area contributed by atoms with Gasteiger partial charge in [0.15, 0.2) is 10.9 Å². The van der Waals surface area contributed by atoms with Crippen molar-refractivity contribution in [3.05, 3.63) is 36.4 Å². The largest absolute Gasteiger partial charge is 0.467 e. The Morgan fingerprint density at radius 2 is 2.44 bits per heavy atom. The van der Waals surface area contributed by atoms with Crippen molar-refractivity contribution in [2.75, 3.05) is 5.32 Å². The molecule has 0 saturated heterocycles. The molecule has 0 amide bonds. The molecule has 0 atom stereocenters. The fourth-order valence-corrected chi connectivity index (χ4v) is 1.40. The number of rotatable bonds is 3. The van der Waals surface area contributed by atoms with E-state index in [9.17, 15) is 0 Å². The number of hydrogen-bond donors (Lipinski definition) is 2. The second kappa shape index (κ2) is 4.80. The second-order valence-corrected chi connectivity index (χ2v) is 3.67. The van der Waals surface area contributed by atoms with E-state index in [0.29, 0.717) is 11.7 Å². The summed E-state index contributed by atoms with van der Waals surface area (Å²) in [5.74, 6) is 1.56. The van der Waals surface area contributed by atoms with Crippen LogP contribution in [0.4, 0.5) is 5.82 Å². The number of nitrogens with one attached hydrogen (secondary N) is 2. The number of nitrogens with zero attached hydrogens (tertiary/aromatic N) is 2. The first-order valence-corrected chi connectivity index (χ1v) is 5.22. The molecule has 5 nitrogen and oxygen atoms in total. The molecule has 0 aliphatic rings. The van der Waals surface area contributed by atoms with E-state index in [2.05, 4.69) is 15.7 Å². The van der Waals surface area contributed by atoms with Crippen molar-refractivity contribution in [1.29, 1.82) is 0 Å². The minimum absolute atomic E-state index is 0.523. The van der Waals surface area contributed by atoms with Crippen LogP contribution in [0.5, 0.6) is 0 Å². The molecule has 0 bridgehead atoms. The van der Waals surface area contributed by atoms with E-state index in [4.69, 9.17) is 16.6 Å². The number of anilines is 1. The maximum absolute atomic E-state index is 5.17. The summed E-state index contributed by atoms with van der Waals surface area (Å²) in [4.78, 5) is 0. The number of thiocarbonyl (C=S) groups is 1. The molecular weight excluding hydrogens is 224 g/mol. The van der Waals surface area contributed by atoms with Gasteiger partial charge in [0.1, 0.15) is 5.76 Å². The summed E-state index contributed by atoms with van der Waals surface area (Å²) in [6.07, 6.45) is 3.48. The summed E-state index contributed by atoms with van der Waals surface area (Å²) in [5, 5.41) is 10.7. The molecule has 2 rings (SSSR count). The molecule has 0 unspecified atom stereocenters. The monoisotopic (exact) mass is 236 g/mol. The molecule has 2 aromatic rings. The summed E-state index contributed by atoms with van der Waals surface area (Å²) < 4.78 is 6.87. The van der Waals surface area contributed by atoms with Crippen LogP contribution in [-0.2, 0) is 13.6 Å². The van der Waals surface area contributed by atoms with Crippen LogP contribution < -0.4 is 10.6 Å². The maximum atomic E-state index is 5.17. The van der Waals surface area contributed by atoms with Crippen molar-refractivity contribution >= 4 is 23.1 Å². The van der Waals surface area contributed by atoms with E-state index in [1.54, 1.807) is 10.9 Å². The van der Waals surface area contributed by atoms with Gasteiger partial charge in [-0.3, -0.25) is 4.68 Å². The molecule has 0 saturated carbocycles. The first-order chi connectivity index (χ1) is 7.74. The summed E-state index contributed by atoms with van der Waals surface area (Å²) in [6.45, 7) is 0.561. The molecular formula is C10H12N4OS. The van der Waals surface area contributed by atoms with Gasteiger partial charge in [-0.2, -0.15) is 5.10 Å². The first kappa shape index (κ1) is 10.7. The number of aryl methyl sites for hydroxylation is 1. The normalized spacial score (nSPS) is 10.1. The van der Waals surface area contributed by atoms with E-state index >= 15 is 0 Å². The zero-order chi connectivity index (χ0) is 11.4. The summed E-state index contributed by atoms with van der Waals surface area (Å²) >= 11 is 5.11. The highest BCUT2D eigenvalue weighted by molar-refractivity contribution is 7.80. The second-order valence-electron chi connectivity index (χ2n) is 3.26. The lowest BCUT2D eigenvalue weighted by Gasteiger charge is -2.06. The highest BCUT2D eigenvalue weighted by Crippen LogP contribution is 2.02. The number of aromatic nitrogens is 2. The zero-order valence-electron chi connectivity index (χ0n) is 8.80. The molecule has 0 radical (unpaired) electrons. The Hall–Kier alpha value is -1.82. The Labute approximate surface area is 98.4 Å². The van der Waals surface area contributed by atoms with Crippen LogP contribution in [-0.4, -0.2) is 14.9 Å². The van der Waals surface area contributed by atoms with Gasteiger partial charge in [-0.05, 0) is 24.4 Å². The summed E-state index contributed by atoms with van der Waals surface area (Å²) in [5.41, 5.74) is 0. The molecule has 6 heteroatoms. The van der Waals surface area contributed by atoms with Crippen molar-refractivity contribution in [1.82, 2.24) is 15.1 Å². The van der Waals surface area contributed by atoms with Crippen LogP contribution in [0.25, 0.3) is 0 Å². The Morgan fingerprint density at radius 1 is 1.56 bits per heavy atom. The quantitative estimate of drug-likeness (QED) is 0.791. The minimum atomic E-state index is 0.523. The van der Waals surface area contributed by atoms with Gasteiger partial charge >= 0.3 is 0 Å². The van der Waals surface area contributed by atoms with Crippen LogP contribution in [0.2, 0.25) is 0 Å². The lowest BCUT2D eigenvalue weighted by atomic mass is 10.4. The Balaban J connectivity index is 1.81. The van der Waals surface area contributed by atoms with E-state index < -0.39 is 0 Å². The molecule has 0 aliphatic heterocycles. The van der Waals surface area contributed by atoms with Gasteiger partial charge < -0.3 is 15.1 Å². The van der Waals surface area contributed by atoms with E-state index in [1.807, 2.05) is 31.4 Å². The fourth-order valence-electron chi connectivity index (χ4n) is 1.22. The molecule has 84 valence electrons. The van der Waals surface area contributed by atoms with E-state index in [-0.39, 0.29) is 0 Å². The van der Waals surface area contributed by atoms with Gasteiger partial charge in [-0.15, -0.1) is 0 Å². The van der Waals surface area contributed by atoms with Gasteiger partial charge in [0, 0.05) is 19.3 Å². The minimum Gasteiger partial charge on any atom is -0.467 e. The van der Waals surface area contributed by atoms with Crippen molar-refractivity contribution in [3.8, 4) is 0 Å². The van der Waals surface area contributed by atoms with Crippen molar-refractivity contribution in [3.63, 3.8) is 0 Å². The predicted molar refractivity (Wildman–Crippen MR) is 65.0 cm³/mol. The van der Waals surface area contributed by atoms with Gasteiger partial charge in [-0.1, -0.05) is 0 Å². The third-order valence-corrected chi connectivity index (χ3v) is 2.20. The maximum Gasteiger partial charge on any atom is 0.172 e. The smallest absolute Gasteiger partial charge is 0.172 e. The van der Waals surface area contributed by atoms with E-state index in [1.165, 1.54) is 0 Å². The van der Waals surface area contributed by atoms with Crippen molar-refractivity contribution in [2.45, 2.75) is 6.54 Å². The Morgan fingerprint density at radius 3 is 3.06 bits per heavy atom. The van der Waals surface area contributed by atoms with Gasteiger partial charge in [0.05, 0.1) is 12.8 Å².